The van der Waals surface area contributed by atoms with Crippen molar-refractivity contribution < 1.29 is 0 Å². The van der Waals surface area contributed by atoms with Gasteiger partial charge in [-0.25, -0.2) is 19.6 Å². The zero-order valence-corrected chi connectivity index (χ0v) is 9.87. The van der Waals surface area contributed by atoms with Gasteiger partial charge in [-0.3, -0.25) is 0 Å². The van der Waals surface area contributed by atoms with Gasteiger partial charge in [-0.2, -0.15) is 5.26 Å². The minimum Gasteiger partial charge on any atom is -0.241 e. The molecule has 2 aromatic rings. The molecule has 0 amide bonds. The van der Waals surface area contributed by atoms with Crippen molar-refractivity contribution in [1.29, 1.82) is 5.26 Å². The monoisotopic (exact) mass is 240 g/mol. The Morgan fingerprint density at radius 1 is 1.11 bits per heavy atom. The lowest BCUT2D eigenvalue weighted by Gasteiger charge is -2.09. The van der Waals surface area contributed by atoms with Crippen LogP contribution in [0.1, 0.15) is 36.3 Å². The summed E-state index contributed by atoms with van der Waals surface area (Å²) in [6, 6.07) is 1.92. The van der Waals surface area contributed by atoms with E-state index in [0.717, 1.165) is 36.3 Å². The van der Waals surface area contributed by atoms with Gasteiger partial charge in [0.2, 0.25) is 0 Å². The van der Waals surface area contributed by atoms with Crippen LogP contribution in [0.3, 0.4) is 0 Å². The Hall–Kier alpha value is -2.29. The number of fused-ring (bicyclic) bond motifs is 1. The molecule has 6 nitrogen and oxygen atoms in total. The van der Waals surface area contributed by atoms with Crippen LogP contribution in [0.4, 0.5) is 0 Å². The molecule has 18 heavy (non-hydrogen) atoms. The Morgan fingerprint density at radius 2 is 2.00 bits per heavy atom. The van der Waals surface area contributed by atoms with Crippen molar-refractivity contribution in [2.75, 3.05) is 0 Å². The van der Waals surface area contributed by atoms with Crippen LogP contribution < -0.4 is 0 Å². The zero-order valence-electron chi connectivity index (χ0n) is 9.87. The van der Waals surface area contributed by atoms with Crippen LogP contribution in [0.15, 0.2) is 12.7 Å². The van der Waals surface area contributed by atoms with Crippen LogP contribution in [0.25, 0.3) is 5.82 Å². The topological polar surface area (TPSA) is 80.3 Å². The maximum Gasteiger partial charge on any atom is 0.252 e. The summed E-state index contributed by atoms with van der Waals surface area (Å²) in [5.41, 5.74) is 2.25. The molecule has 0 radical (unpaired) electrons. The van der Waals surface area contributed by atoms with Crippen LogP contribution >= 0.6 is 0 Å². The van der Waals surface area contributed by atoms with Crippen LogP contribution in [0.2, 0.25) is 0 Å². The number of hydrogen-bond donors (Lipinski definition) is 0. The number of aryl methyl sites for hydroxylation is 1. The second-order valence-electron chi connectivity index (χ2n) is 4.31. The van der Waals surface area contributed by atoms with E-state index in [4.69, 9.17) is 5.26 Å². The lowest BCUT2D eigenvalue weighted by atomic mass is 10.1. The second-order valence-corrected chi connectivity index (χ2v) is 4.31. The highest BCUT2D eigenvalue weighted by Crippen LogP contribution is 2.22. The fraction of sp³-hybridized carbons (Fsp3) is 0.417. The number of nitrogens with zero attached hydrogens (tertiary/aromatic N) is 6. The maximum absolute atomic E-state index is 8.76. The minimum absolute atomic E-state index is 0.163. The summed E-state index contributed by atoms with van der Waals surface area (Å²) in [6.07, 6.45) is 8.59. The van der Waals surface area contributed by atoms with Crippen LogP contribution in [-0.2, 0) is 12.8 Å². The van der Waals surface area contributed by atoms with Crippen molar-refractivity contribution in [3.8, 4) is 11.9 Å². The molecule has 90 valence electrons. The summed E-state index contributed by atoms with van der Waals surface area (Å²) < 4.78 is 1.57. The highest BCUT2D eigenvalue weighted by molar-refractivity contribution is 5.36. The van der Waals surface area contributed by atoms with Gasteiger partial charge >= 0.3 is 0 Å². The summed E-state index contributed by atoms with van der Waals surface area (Å²) in [6.45, 7) is 0. The van der Waals surface area contributed by atoms with Gasteiger partial charge in [-0.15, -0.1) is 5.10 Å². The number of rotatable bonds is 1. The fourth-order valence-corrected chi connectivity index (χ4v) is 2.29. The van der Waals surface area contributed by atoms with E-state index in [-0.39, 0.29) is 5.82 Å². The van der Waals surface area contributed by atoms with Gasteiger partial charge < -0.3 is 0 Å². The molecular formula is C12H12N6. The Labute approximate surface area is 104 Å². The molecule has 1 aliphatic rings. The Bertz CT molecular complexity index is 609. The molecule has 0 N–H and O–H groups in total. The number of hydrogen-bond acceptors (Lipinski definition) is 5. The first-order chi connectivity index (χ1) is 8.88. The van der Waals surface area contributed by atoms with Crippen molar-refractivity contribution in [3.63, 3.8) is 0 Å². The quantitative estimate of drug-likeness (QED) is 0.699. The van der Waals surface area contributed by atoms with E-state index < -0.39 is 0 Å². The number of aromatic nitrogens is 5. The largest absolute Gasteiger partial charge is 0.252 e. The van der Waals surface area contributed by atoms with Crippen molar-refractivity contribution >= 4 is 0 Å². The average Bonchev–Trinajstić information content (AvgIpc) is 2.75. The Kier molecular flexibility index (Phi) is 2.73. The van der Waals surface area contributed by atoms with Gasteiger partial charge in [0.05, 0.1) is 0 Å². The van der Waals surface area contributed by atoms with E-state index in [9.17, 15) is 0 Å². The third-order valence-electron chi connectivity index (χ3n) is 3.16. The molecule has 0 atom stereocenters. The van der Waals surface area contributed by atoms with Crippen LogP contribution in [-0.4, -0.2) is 24.7 Å². The Morgan fingerprint density at radius 3 is 2.83 bits per heavy atom. The molecule has 0 saturated heterocycles. The SMILES string of the molecule is N#Cc1ncn(-c2ncnc3c2CCCCC3)n1. The van der Waals surface area contributed by atoms with Crippen LogP contribution in [0.5, 0.6) is 0 Å². The van der Waals surface area contributed by atoms with Gasteiger partial charge in [-0.1, -0.05) is 6.42 Å². The van der Waals surface area contributed by atoms with Gasteiger partial charge in [0.15, 0.2) is 5.82 Å². The minimum atomic E-state index is 0.163. The van der Waals surface area contributed by atoms with E-state index in [1.165, 1.54) is 19.2 Å². The molecule has 3 rings (SSSR count). The molecule has 0 fully saturated rings. The molecule has 0 bridgehead atoms. The first kappa shape index (κ1) is 10.8. The third-order valence-corrected chi connectivity index (χ3v) is 3.16. The van der Waals surface area contributed by atoms with Crippen molar-refractivity contribution in [2.24, 2.45) is 0 Å². The van der Waals surface area contributed by atoms with Gasteiger partial charge in [0.1, 0.15) is 18.7 Å². The summed E-state index contributed by atoms with van der Waals surface area (Å²) in [5.74, 6) is 0.923. The molecule has 0 aliphatic heterocycles. The fourth-order valence-electron chi connectivity index (χ4n) is 2.29. The van der Waals surface area contributed by atoms with Crippen molar-refractivity contribution in [3.05, 3.63) is 29.7 Å². The van der Waals surface area contributed by atoms with Gasteiger partial charge in [0, 0.05) is 11.3 Å². The summed E-state index contributed by atoms with van der Waals surface area (Å²) in [7, 11) is 0. The van der Waals surface area contributed by atoms with Gasteiger partial charge in [-0.05, 0) is 25.7 Å². The van der Waals surface area contributed by atoms with E-state index in [2.05, 4.69) is 20.1 Å². The van der Waals surface area contributed by atoms with E-state index in [0.29, 0.717) is 0 Å². The predicted molar refractivity (Wildman–Crippen MR) is 62.9 cm³/mol. The Balaban J connectivity index is 2.09. The van der Waals surface area contributed by atoms with E-state index in [1.807, 2.05) is 6.07 Å². The second kappa shape index (κ2) is 4.53. The summed E-state index contributed by atoms with van der Waals surface area (Å²) in [5, 5.41) is 12.9. The predicted octanol–water partition coefficient (Wildman–Crippen LogP) is 1.20. The lowest BCUT2D eigenvalue weighted by molar-refractivity contribution is 0.707. The van der Waals surface area contributed by atoms with Crippen molar-refractivity contribution in [2.45, 2.75) is 32.1 Å². The molecule has 0 aromatic carbocycles. The van der Waals surface area contributed by atoms with Crippen LogP contribution in [0, 0.1) is 11.3 Å². The molecule has 0 spiro atoms. The summed E-state index contributed by atoms with van der Waals surface area (Å²) in [4.78, 5) is 12.6. The molecule has 6 heteroatoms. The normalized spacial score (nSPS) is 14.6. The lowest BCUT2D eigenvalue weighted by Crippen LogP contribution is -2.07. The molecular weight excluding hydrogens is 228 g/mol. The van der Waals surface area contributed by atoms with E-state index in [1.54, 1.807) is 11.0 Å². The first-order valence-corrected chi connectivity index (χ1v) is 6.03. The standard InChI is InChI=1S/C12H12N6/c13-6-11-16-8-18(17-11)12-9-4-2-1-3-5-10(9)14-7-15-12/h7-8H,1-5H2. The molecule has 1 aliphatic carbocycles. The zero-order chi connectivity index (χ0) is 12.4. The summed E-state index contributed by atoms with van der Waals surface area (Å²) >= 11 is 0. The third kappa shape index (κ3) is 1.84. The highest BCUT2D eigenvalue weighted by Gasteiger charge is 2.16. The molecule has 0 saturated carbocycles. The van der Waals surface area contributed by atoms with Gasteiger partial charge in [0.25, 0.3) is 5.82 Å². The molecule has 2 aromatic heterocycles. The molecule has 0 unspecified atom stereocenters. The average molecular weight is 240 g/mol. The van der Waals surface area contributed by atoms with E-state index >= 15 is 0 Å². The smallest absolute Gasteiger partial charge is 0.241 e. The molecule has 2 heterocycles. The first-order valence-electron chi connectivity index (χ1n) is 6.03. The highest BCUT2D eigenvalue weighted by atomic mass is 15.4. The number of nitriles is 1. The maximum atomic E-state index is 8.76. The van der Waals surface area contributed by atoms with Crippen molar-refractivity contribution in [1.82, 2.24) is 24.7 Å².